The number of fused-ring (bicyclic) bond motifs is 2. The highest BCUT2D eigenvalue weighted by Crippen LogP contribution is 2.23. The molecule has 1 heterocycles. The Morgan fingerprint density at radius 3 is 2.52 bits per heavy atom. The van der Waals surface area contributed by atoms with Gasteiger partial charge >= 0.3 is 0 Å². The van der Waals surface area contributed by atoms with E-state index in [0.717, 1.165) is 5.56 Å². The summed E-state index contributed by atoms with van der Waals surface area (Å²) in [7, 11) is 0. The maximum Gasteiger partial charge on any atom is 0.258 e. The van der Waals surface area contributed by atoms with E-state index in [1.807, 2.05) is 44.2 Å². The Kier molecular flexibility index (Phi) is 5.04. The molecule has 0 unspecified atom stereocenters. The van der Waals surface area contributed by atoms with E-state index in [0.29, 0.717) is 27.7 Å². The quantitative estimate of drug-likeness (QED) is 0.512. The van der Waals surface area contributed by atoms with Crippen molar-refractivity contribution in [1.82, 2.24) is 5.32 Å². The Balaban J connectivity index is 1.46. The predicted octanol–water partition coefficient (Wildman–Crippen LogP) is 4.51. The first-order valence-electron chi connectivity index (χ1n) is 9.45. The topological polar surface area (TPSA) is 68.5 Å². The van der Waals surface area contributed by atoms with Gasteiger partial charge in [-0.05, 0) is 43.7 Å². The molecule has 29 heavy (non-hydrogen) atoms. The van der Waals surface area contributed by atoms with Crippen molar-refractivity contribution in [3.63, 3.8) is 0 Å². The highest BCUT2D eigenvalue weighted by atomic mass is 16.5. The van der Waals surface area contributed by atoms with Gasteiger partial charge < -0.3 is 14.5 Å². The van der Waals surface area contributed by atoms with Crippen LogP contribution in [-0.2, 0) is 4.79 Å². The van der Waals surface area contributed by atoms with E-state index < -0.39 is 0 Å². The molecule has 3 aromatic carbocycles. The number of aryl methyl sites for hydroxylation is 1. The molecule has 0 aliphatic rings. The molecule has 1 aromatic heterocycles. The van der Waals surface area contributed by atoms with Crippen LogP contribution < -0.4 is 15.5 Å². The highest BCUT2D eigenvalue weighted by molar-refractivity contribution is 5.90. The lowest BCUT2D eigenvalue weighted by atomic mass is 10.1. The molecule has 4 rings (SSSR count). The summed E-state index contributed by atoms with van der Waals surface area (Å²) in [4.78, 5) is 24.8. The number of hydrogen-bond acceptors (Lipinski definition) is 4. The van der Waals surface area contributed by atoms with E-state index in [-0.39, 0.29) is 24.0 Å². The maximum atomic E-state index is 12.6. The number of amides is 1. The lowest BCUT2D eigenvalue weighted by molar-refractivity contribution is -0.123. The molecule has 1 N–H and O–H groups in total. The molecule has 0 aliphatic carbocycles. The predicted molar refractivity (Wildman–Crippen MR) is 113 cm³/mol. The zero-order valence-electron chi connectivity index (χ0n) is 16.3. The van der Waals surface area contributed by atoms with Gasteiger partial charge in [-0.3, -0.25) is 9.59 Å². The first kappa shape index (κ1) is 18.7. The summed E-state index contributed by atoms with van der Waals surface area (Å²) in [5.74, 6) is 0.243. The minimum absolute atomic E-state index is 0.0851. The molecule has 1 amide bonds. The fraction of sp³-hybridized carbons (Fsp3) is 0.167. The van der Waals surface area contributed by atoms with Crippen LogP contribution in [0.1, 0.15) is 24.1 Å². The van der Waals surface area contributed by atoms with Gasteiger partial charge in [-0.15, -0.1) is 0 Å². The number of rotatable bonds is 5. The molecule has 1 atom stereocenters. The van der Waals surface area contributed by atoms with Crippen molar-refractivity contribution >= 4 is 27.8 Å². The normalized spacial score (nSPS) is 12.1. The molecule has 0 fully saturated rings. The summed E-state index contributed by atoms with van der Waals surface area (Å²) >= 11 is 0. The average molecular weight is 387 g/mol. The fourth-order valence-corrected chi connectivity index (χ4v) is 3.24. The molecule has 5 heteroatoms. The maximum absolute atomic E-state index is 12.6. The molecular weight excluding hydrogens is 366 g/mol. The van der Waals surface area contributed by atoms with Crippen molar-refractivity contribution in [3.8, 4) is 5.75 Å². The van der Waals surface area contributed by atoms with E-state index in [1.165, 1.54) is 5.56 Å². The minimum atomic E-state index is -0.224. The van der Waals surface area contributed by atoms with Gasteiger partial charge in [0.1, 0.15) is 16.9 Å². The number of hydrogen-bond donors (Lipinski definition) is 1. The standard InChI is InChI=1S/C24H21NO4/c1-15-7-9-17(10-8-15)16(2)25-23(26)14-28-18-11-12-20-22(13-18)29-21-6-4-3-5-19(21)24(20)27/h3-13,16H,14H2,1-2H3,(H,25,26)/t16-/m0/s1. The van der Waals surface area contributed by atoms with Crippen LogP contribution in [0.5, 0.6) is 5.75 Å². The van der Waals surface area contributed by atoms with Crippen molar-refractivity contribution in [2.24, 2.45) is 0 Å². The molecular formula is C24H21NO4. The summed E-state index contributed by atoms with van der Waals surface area (Å²) in [5.41, 5.74) is 3.07. The van der Waals surface area contributed by atoms with Gasteiger partial charge in [-0.2, -0.15) is 0 Å². The van der Waals surface area contributed by atoms with Crippen LogP contribution in [0, 0.1) is 6.92 Å². The fourth-order valence-electron chi connectivity index (χ4n) is 3.24. The summed E-state index contributed by atoms with van der Waals surface area (Å²) in [6.07, 6.45) is 0. The summed E-state index contributed by atoms with van der Waals surface area (Å²) in [6, 6.07) is 20.0. The Morgan fingerprint density at radius 2 is 1.72 bits per heavy atom. The molecule has 146 valence electrons. The molecule has 0 saturated heterocycles. The van der Waals surface area contributed by atoms with Crippen molar-refractivity contribution in [2.45, 2.75) is 19.9 Å². The molecule has 5 nitrogen and oxygen atoms in total. The molecule has 4 aromatic rings. The summed E-state index contributed by atoms with van der Waals surface area (Å²) in [5, 5.41) is 3.94. The van der Waals surface area contributed by atoms with Crippen molar-refractivity contribution in [2.75, 3.05) is 6.61 Å². The second-order valence-electron chi connectivity index (χ2n) is 7.07. The van der Waals surface area contributed by atoms with Gasteiger partial charge in [-0.25, -0.2) is 0 Å². The molecule has 0 radical (unpaired) electrons. The number of carbonyl (C=O) groups excluding carboxylic acids is 1. The Morgan fingerprint density at radius 1 is 1.00 bits per heavy atom. The Bertz CT molecular complexity index is 1240. The van der Waals surface area contributed by atoms with Crippen LogP contribution in [0.3, 0.4) is 0 Å². The van der Waals surface area contributed by atoms with Crippen LogP contribution >= 0.6 is 0 Å². The van der Waals surface area contributed by atoms with Gasteiger partial charge in [0, 0.05) is 6.07 Å². The number of carbonyl (C=O) groups is 1. The number of nitrogens with one attached hydrogen (secondary N) is 1. The third-order valence-electron chi connectivity index (χ3n) is 4.87. The second-order valence-corrected chi connectivity index (χ2v) is 7.07. The largest absolute Gasteiger partial charge is 0.484 e. The number of ether oxygens (including phenoxy) is 1. The van der Waals surface area contributed by atoms with E-state index >= 15 is 0 Å². The van der Waals surface area contributed by atoms with E-state index in [2.05, 4.69) is 5.32 Å². The number of para-hydroxylation sites is 1. The Hall–Kier alpha value is -3.60. The van der Waals surface area contributed by atoms with Gasteiger partial charge in [0.15, 0.2) is 6.61 Å². The van der Waals surface area contributed by atoms with Gasteiger partial charge in [0.25, 0.3) is 5.91 Å². The van der Waals surface area contributed by atoms with Crippen molar-refractivity contribution in [1.29, 1.82) is 0 Å². The zero-order chi connectivity index (χ0) is 20.4. The Labute approximate surface area is 167 Å². The van der Waals surface area contributed by atoms with Crippen LogP contribution in [-0.4, -0.2) is 12.5 Å². The third-order valence-corrected chi connectivity index (χ3v) is 4.87. The second kappa shape index (κ2) is 7.80. The van der Waals surface area contributed by atoms with E-state index in [9.17, 15) is 9.59 Å². The molecule has 0 spiro atoms. The van der Waals surface area contributed by atoms with Gasteiger partial charge in [-0.1, -0.05) is 42.0 Å². The van der Waals surface area contributed by atoms with Gasteiger partial charge in [0.05, 0.1) is 16.8 Å². The number of benzene rings is 3. The lowest BCUT2D eigenvalue weighted by Crippen LogP contribution is -2.31. The summed E-state index contributed by atoms with van der Waals surface area (Å²) < 4.78 is 11.4. The zero-order valence-corrected chi connectivity index (χ0v) is 16.3. The van der Waals surface area contributed by atoms with E-state index in [1.54, 1.807) is 36.4 Å². The summed E-state index contributed by atoms with van der Waals surface area (Å²) in [6.45, 7) is 3.83. The first-order valence-corrected chi connectivity index (χ1v) is 9.45. The third kappa shape index (κ3) is 3.99. The first-order chi connectivity index (χ1) is 14.0. The SMILES string of the molecule is Cc1ccc([C@H](C)NC(=O)COc2ccc3c(=O)c4ccccc4oc3c2)cc1. The van der Waals surface area contributed by atoms with E-state index in [4.69, 9.17) is 9.15 Å². The van der Waals surface area contributed by atoms with Crippen LogP contribution in [0.25, 0.3) is 21.9 Å². The van der Waals surface area contributed by atoms with Gasteiger partial charge in [0.2, 0.25) is 5.43 Å². The highest BCUT2D eigenvalue weighted by Gasteiger charge is 2.12. The van der Waals surface area contributed by atoms with Crippen LogP contribution in [0.2, 0.25) is 0 Å². The van der Waals surface area contributed by atoms with Crippen molar-refractivity contribution < 1.29 is 13.9 Å². The lowest BCUT2D eigenvalue weighted by Gasteiger charge is -2.15. The van der Waals surface area contributed by atoms with Crippen molar-refractivity contribution in [3.05, 3.63) is 88.1 Å². The van der Waals surface area contributed by atoms with Crippen LogP contribution in [0.4, 0.5) is 0 Å². The monoisotopic (exact) mass is 387 g/mol. The van der Waals surface area contributed by atoms with Crippen LogP contribution in [0.15, 0.2) is 75.9 Å². The molecule has 0 aliphatic heterocycles. The molecule has 0 saturated carbocycles. The smallest absolute Gasteiger partial charge is 0.258 e. The molecule has 0 bridgehead atoms. The minimum Gasteiger partial charge on any atom is -0.484 e. The average Bonchev–Trinajstić information content (AvgIpc) is 2.72.